The van der Waals surface area contributed by atoms with Crippen molar-refractivity contribution in [2.45, 2.75) is 0 Å². The van der Waals surface area contributed by atoms with Crippen LogP contribution in [0.5, 0.6) is 0 Å². The van der Waals surface area contributed by atoms with Crippen molar-refractivity contribution >= 4 is 33.4 Å². The van der Waals surface area contributed by atoms with Crippen molar-refractivity contribution in [3.05, 3.63) is 60.4 Å². The van der Waals surface area contributed by atoms with Gasteiger partial charge in [0.25, 0.3) is 5.91 Å². The molecule has 0 saturated heterocycles. The third kappa shape index (κ3) is 1.95. The molecule has 0 bridgehead atoms. The van der Waals surface area contributed by atoms with E-state index in [1.165, 1.54) is 0 Å². The van der Waals surface area contributed by atoms with Crippen LogP contribution in [-0.4, -0.2) is 21.1 Å². The van der Waals surface area contributed by atoms with Crippen molar-refractivity contribution in [2.75, 3.05) is 5.32 Å². The molecule has 2 aromatic heterocycles. The minimum absolute atomic E-state index is 0.126. The fourth-order valence-corrected chi connectivity index (χ4v) is 2.50. The van der Waals surface area contributed by atoms with E-state index in [1.807, 2.05) is 48.7 Å². The molecule has 5 heteroatoms. The summed E-state index contributed by atoms with van der Waals surface area (Å²) in [6.45, 7) is 0. The first-order valence-corrected chi connectivity index (χ1v) is 6.62. The van der Waals surface area contributed by atoms with E-state index < -0.39 is 0 Å². The lowest BCUT2D eigenvalue weighted by atomic mass is 10.1. The molecule has 4 rings (SSSR count). The molecule has 0 unspecified atom stereocenters. The number of H-pyrrole nitrogens is 2. The van der Waals surface area contributed by atoms with Crippen LogP contribution in [0.2, 0.25) is 0 Å². The van der Waals surface area contributed by atoms with Gasteiger partial charge >= 0.3 is 0 Å². The highest BCUT2D eigenvalue weighted by Crippen LogP contribution is 2.20. The van der Waals surface area contributed by atoms with Crippen molar-refractivity contribution in [3.63, 3.8) is 0 Å². The first-order chi connectivity index (χ1) is 10.3. The molecule has 0 saturated carbocycles. The maximum atomic E-state index is 12.4. The second-order valence-electron chi connectivity index (χ2n) is 4.87. The summed E-state index contributed by atoms with van der Waals surface area (Å²) < 4.78 is 0. The predicted molar refractivity (Wildman–Crippen MR) is 82.3 cm³/mol. The summed E-state index contributed by atoms with van der Waals surface area (Å²) in [5.74, 6) is -0.126. The number of rotatable bonds is 2. The zero-order chi connectivity index (χ0) is 14.2. The summed E-state index contributed by atoms with van der Waals surface area (Å²) in [5, 5.41) is 11.7. The first kappa shape index (κ1) is 11.7. The van der Waals surface area contributed by atoms with Crippen molar-refractivity contribution < 1.29 is 4.79 Å². The molecule has 0 spiro atoms. The average molecular weight is 276 g/mol. The van der Waals surface area contributed by atoms with Gasteiger partial charge in [-0.25, -0.2) is 0 Å². The fraction of sp³-hybridized carbons (Fsp3) is 0. The number of hydrogen-bond donors (Lipinski definition) is 3. The lowest BCUT2D eigenvalue weighted by molar-refractivity contribution is 0.102. The molecular weight excluding hydrogens is 264 g/mol. The van der Waals surface area contributed by atoms with Gasteiger partial charge in [-0.2, -0.15) is 5.10 Å². The topological polar surface area (TPSA) is 73.6 Å². The maximum Gasteiger partial charge on any atom is 0.256 e. The number of nitrogens with zero attached hydrogens (tertiary/aromatic N) is 1. The molecule has 2 aromatic carbocycles. The number of nitrogens with one attached hydrogen (secondary N) is 3. The van der Waals surface area contributed by atoms with Gasteiger partial charge in [-0.15, -0.1) is 0 Å². The molecule has 4 aromatic rings. The van der Waals surface area contributed by atoms with E-state index in [1.54, 1.807) is 6.20 Å². The number of hydrogen-bond acceptors (Lipinski definition) is 2. The maximum absolute atomic E-state index is 12.4. The highest BCUT2D eigenvalue weighted by Gasteiger charge is 2.11. The number of aromatic amines is 2. The molecular formula is C16H12N4O. The van der Waals surface area contributed by atoms with E-state index in [-0.39, 0.29) is 5.91 Å². The van der Waals surface area contributed by atoms with Crippen LogP contribution in [-0.2, 0) is 0 Å². The first-order valence-electron chi connectivity index (χ1n) is 6.62. The van der Waals surface area contributed by atoms with Gasteiger partial charge in [0.2, 0.25) is 0 Å². The second-order valence-corrected chi connectivity index (χ2v) is 4.87. The largest absolute Gasteiger partial charge is 0.361 e. The zero-order valence-corrected chi connectivity index (χ0v) is 11.1. The quantitative estimate of drug-likeness (QED) is 0.525. The Labute approximate surface area is 120 Å². The van der Waals surface area contributed by atoms with E-state index >= 15 is 0 Å². The van der Waals surface area contributed by atoms with Crippen LogP contribution in [0.15, 0.2) is 54.9 Å². The van der Waals surface area contributed by atoms with Gasteiger partial charge in [-0.3, -0.25) is 9.89 Å². The van der Waals surface area contributed by atoms with Gasteiger partial charge in [0.1, 0.15) is 0 Å². The molecule has 0 aliphatic rings. The Morgan fingerprint density at radius 3 is 3.00 bits per heavy atom. The molecule has 2 heterocycles. The summed E-state index contributed by atoms with van der Waals surface area (Å²) >= 11 is 0. The molecule has 0 radical (unpaired) electrons. The third-order valence-corrected chi connectivity index (χ3v) is 3.54. The third-order valence-electron chi connectivity index (χ3n) is 3.54. The monoisotopic (exact) mass is 276 g/mol. The number of anilines is 1. The molecule has 3 N–H and O–H groups in total. The molecule has 5 nitrogen and oxygen atoms in total. The van der Waals surface area contributed by atoms with Gasteiger partial charge in [-0.05, 0) is 36.4 Å². The molecule has 1 amide bonds. The Morgan fingerprint density at radius 1 is 1.10 bits per heavy atom. The van der Waals surface area contributed by atoms with E-state index in [0.717, 1.165) is 27.5 Å². The second kappa shape index (κ2) is 4.49. The van der Waals surface area contributed by atoms with Crippen LogP contribution >= 0.6 is 0 Å². The van der Waals surface area contributed by atoms with Crippen LogP contribution in [0.25, 0.3) is 21.8 Å². The van der Waals surface area contributed by atoms with Crippen LogP contribution < -0.4 is 5.32 Å². The highest BCUT2D eigenvalue weighted by molar-refractivity contribution is 6.12. The van der Waals surface area contributed by atoms with Crippen LogP contribution in [0.3, 0.4) is 0 Å². The molecule has 0 aliphatic heterocycles. The van der Waals surface area contributed by atoms with Crippen molar-refractivity contribution in [1.82, 2.24) is 15.2 Å². The summed E-state index contributed by atoms with van der Waals surface area (Å²) in [5.41, 5.74) is 3.24. The number of fused-ring (bicyclic) bond motifs is 2. The Morgan fingerprint density at radius 2 is 2.05 bits per heavy atom. The van der Waals surface area contributed by atoms with Gasteiger partial charge in [0.15, 0.2) is 0 Å². The fourth-order valence-electron chi connectivity index (χ4n) is 2.50. The van der Waals surface area contributed by atoms with Crippen LogP contribution in [0.4, 0.5) is 5.69 Å². The number of aromatic nitrogens is 3. The van der Waals surface area contributed by atoms with Gasteiger partial charge < -0.3 is 10.3 Å². The van der Waals surface area contributed by atoms with E-state index in [9.17, 15) is 4.79 Å². The Hall–Kier alpha value is -3.08. The SMILES string of the molecule is O=C(Nc1ccc2cn[nH]c2c1)c1cccc2[nH]ccc12. The summed E-state index contributed by atoms with van der Waals surface area (Å²) in [7, 11) is 0. The van der Waals surface area contributed by atoms with E-state index in [0.29, 0.717) is 5.56 Å². The Balaban J connectivity index is 1.70. The molecule has 21 heavy (non-hydrogen) atoms. The van der Waals surface area contributed by atoms with Crippen LogP contribution in [0, 0.1) is 0 Å². The zero-order valence-electron chi connectivity index (χ0n) is 11.1. The van der Waals surface area contributed by atoms with Crippen molar-refractivity contribution in [3.8, 4) is 0 Å². The lowest BCUT2D eigenvalue weighted by Gasteiger charge is -2.06. The van der Waals surface area contributed by atoms with Gasteiger partial charge in [-0.1, -0.05) is 6.07 Å². The van der Waals surface area contributed by atoms with E-state index in [4.69, 9.17) is 0 Å². The standard InChI is InChI=1S/C16H12N4O/c21-16(13-2-1-3-14-12(13)6-7-17-14)19-11-5-4-10-9-18-20-15(10)8-11/h1-9,17H,(H,18,20)(H,19,21). The molecule has 0 fully saturated rings. The summed E-state index contributed by atoms with van der Waals surface area (Å²) in [6.07, 6.45) is 3.58. The molecule has 102 valence electrons. The van der Waals surface area contributed by atoms with Crippen LogP contribution in [0.1, 0.15) is 10.4 Å². The van der Waals surface area contributed by atoms with Gasteiger partial charge in [0, 0.05) is 33.7 Å². The number of carbonyl (C=O) groups excluding carboxylic acids is 1. The highest BCUT2D eigenvalue weighted by atomic mass is 16.1. The lowest BCUT2D eigenvalue weighted by Crippen LogP contribution is -2.12. The molecule has 0 aliphatic carbocycles. The normalized spacial score (nSPS) is 11.0. The predicted octanol–water partition coefficient (Wildman–Crippen LogP) is 3.30. The number of benzene rings is 2. The Kier molecular flexibility index (Phi) is 2.50. The molecule has 0 atom stereocenters. The Bertz CT molecular complexity index is 951. The summed E-state index contributed by atoms with van der Waals surface area (Å²) in [6, 6.07) is 13.2. The minimum Gasteiger partial charge on any atom is -0.361 e. The smallest absolute Gasteiger partial charge is 0.256 e. The average Bonchev–Trinajstić information content (AvgIpc) is 3.14. The van der Waals surface area contributed by atoms with Gasteiger partial charge in [0.05, 0.1) is 11.7 Å². The summed E-state index contributed by atoms with van der Waals surface area (Å²) in [4.78, 5) is 15.6. The van der Waals surface area contributed by atoms with E-state index in [2.05, 4.69) is 20.5 Å². The minimum atomic E-state index is -0.126. The van der Waals surface area contributed by atoms with Crippen molar-refractivity contribution in [2.24, 2.45) is 0 Å². The van der Waals surface area contributed by atoms with Crippen molar-refractivity contribution in [1.29, 1.82) is 0 Å². The number of amides is 1. The number of carbonyl (C=O) groups is 1.